The van der Waals surface area contributed by atoms with Gasteiger partial charge in [-0.25, -0.2) is 4.98 Å². The summed E-state index contributed by atoms with van der Waals surface area (Å²) in [6.45, 7) is 3.47. The molecule has 2 aliphatic rings. The predicted molar refractivity (Wildman–Crippen MR) is 122 cm³/mol. The SMILES string of the molecule is N[C@H]1CC[C@@H](Nc2nc(-c3ccc(N4CCOCC4)cc3)cc3ncccc23)CC1. The molecule has 0 bridgehead atoms. The number of pyridine rings is 2. The number of morpholine rings is 1. The number of hydrogen-bond donors (Lipinski definition) is 2. The van der Waals surface area contributed by atoms with E-state index in [-0.39, 0.29) is 0 Å². The molecule has 156 valence electrons. The molecule has 1 aliphatic heterocycles. The highest BCUT2D eigenvalue weighted by Gasteiger charge is 2.20. The van der Waals surface area contributed by atoms with E-state index in [4.69, 9.17) is 15.5 Å². The van der Waals surface area contributed by atoms with Gasteiger partial charge in [-0.2, -0.15) is 0 Å². The van der Waals surface area contributed by atoms with Crippen LogP contribution >= 0.6 is 0 Å². The van der Waals surface area contributed by atoms with E-state index in [1.165, 1.54) is 5.69 Å². The Kier molecular flexibility index (Phi) is 5.51. The lowest BCUT2D eigenvalue weighted by molar-refractivity contribution is 0.122. The second-order valence-electron chi connectivity index (χ2n) is 8.33. The Morgan fingerprint density at radius 1 is 1.00 bits per heavy atom. The fraction of sp³-hybridized carbons (Fsp3) is 0.417. The van der Waals surface area contributed by atoms with Gasteiger partial charge < -0.3 is 20.7 Å². The molecule has 6 nitrogen and oxygen atoms in total. The van der Waals surface area contributed by atoms with Crippen molar-refractivity contribution in [1.29, 1.82) is 0 Å². The second kappa shape index (κ2) is 8.58. The van der Waals surface area contributed by atoms with E-state index in [1.807, 2.05) is 12.3 Å². The summed E-state index contributed by atoms with van der Waals surface area (Å²) in [4.78, 5) is 12.0. The number of benzene rings is 1. The Morgan fingerprint density at radius 2 is 1.77 bits per heavy atom. The van der Waals surface area contributed by atoms with Crippen molar-refractivity contribution in [2.75, 3.05) is 36.5 Å². The topological polar surface area (TPSA) is 76.3 Å². The van der Waals surface area contributed by atoms with Crippen LogP contribution < -0.4 is 16.0 Å². The molecule has 0 radical (unpaired) electrons. The average molecular weight is 404 g/mol. The van der Waals surface area contributed by atoms with Gasteiger partial charge in [0.2, 0.25) is 0 Å². The summed E-state index contributed by atoms with van der Waals surface area (Å²) < 4.78 is 5.46. The lowest BCUT2D eigenvalue weighted by Crippen LogP contribution is -2.36. The normalized spacial score (nSPS) is 22.2. The summed E-state index contributed by atoms with van der Waals surface area (Å²) in [5.41, 5.74) is 10.3. The Balaban J connectivity index is 1.44. The van der Waals surface area contributed by atoms with Crippen molar-refractivity contribution in [2.24, 2.45) is 5.73 Å². The van der Waals surface area contributed by atoms with Crippen LogP contribution in [0.1, 0.15) is 25.7 Å². The van der Waals surface area contributed by atoms with Crippen molar-refractivity contribution in [3.05, 3.63) is 48.7 Å². The van der Waals surface area contributed by atoms with Gasteiger partial charge in [-0.15, -0.1) is 0 Å². The minimum absolute atomic E-state index is 0.339. The van der Waals surface area contributed by atoms with Gasteiger partial charge in [0, 0.05) is 48.0 Å². The maximum atomic E-state index is 6.08. The van der Waals surface area contributed by atoms with Gasteiger partial charge >= 0.3 is 0 Å². The third kappa shape index (κ3) is 4.11. The van der Waals surface area contributed by atoms with E-state index >= 15 is 0 Å². The predicted octanol–water partition coefficient (Wildman–Crippen LogP) is 3.82. The van der Waals surface area contributed by atoms with E-state index in [1.54, 1.807) is 0 Å². The van der Waals surface area contributed by atoms with Crippen LogP contribution in [0.25, 0.3) is 22.2 Å². The van der Waals surface area contributed by atoms with Crippen LogP contribution in [0.2, 0.25) is 0 Å². The molecule has 2 aromatic heterocycles. The zero-order chi connectivity index (χ0) is 20.3. The van der Waals surface area contributed by atoms with E-state index in [0.717, 1.165) is 80.0 Å². The fourth-order valence-corrected chi connectivity index (χ4v) is 4.45. The average Bonchev–Trinajstić information content (AvgIpc) is 2.81. The lowest BCUT2D eigenvalue weighted by Gasteiger charge is -2.29. The molecule has 1 saturated carbocycles. The van der Waals surface area contributed by atoms with Crippen LogP contribution in [0.4, 0.5) is 11.5 Å². The van der Waals surface area contributed by atoms with Crippen LogP contribution in [-0.4, -0.2) is 48.4 Å². The third-order valence-corrected chi connectivity index (χ3v) is 6.25. The summed E-state index contributed by atoms with van der Waals surface area (Å²) >= 11 is 0. The van der Waals surface area contributed by atoms with Gasteiger partial charge in [-0.05, 0) is 56.0 Å². The highest BCUT2D eigenvalue weighted by Crippen LogP contribution is 2.30. The molecule has 6 heteroatoms. The van der Waals surface area contributed by atoms with Crippen LogP contribution in [0.15, 0.2) is 48.7 Å². The van der Waals surface area contributed by atoms with Gasteiger partial charge in [0.15, 0.2) is 0 Å². The molecule has 0 amide bonds. The summed E-state index contributed by atoms with van der Waals surface area (Å²) in [6, 6.07) is 15.6. The highest BCUT2D eigenvalue weighted by molar-refractivity contribution is 5.92. The number of nitrogens with one attached hydrogen (secondary N) is 1. The third-order valence-electron chi connectivity index (χ3n) is 6.25. The molecule has 1 saturated heterocycles. The van der Waals surface area contributed by atoms with E-state index in [0.29, 0.717) is 12.1 Å². The van der Waals surface area contributed by atoms with E-state index in [9.17, 15) is 0 Å². The summed E-state index contributed by atoms with van der Waals surface area (Å²) in [6.07, 6.45) is 6.15. The van der Waals surface area contributed by atoms with Crippen LogP contribution in [0, 0.1) is 0 Å². The van der Waals surface area contributed by atoms with E-state index in [2.05, 4.69) is 51.6 Å². The van der Waals surface area contributed by atoms with Crippen LogP contribution in [0.3, 0.4) is 0 Å². The van der Waals surface area contributed by atoms with Gasteiger partial charge in [0.25, 0.3) is 0 Å². The van der Waals surface area contributed by atoms with Gasteiger partial charge in [0.1, 0.15) is 5.82 Å². The molecule has 5 rings (SSSR count). The zero-order valence-electron chi connectivity index (χ0n) is 17.3. The lowest BCUT2D eigenvalue weighted by atomic mass is 9.92. The largest absolute Gasteiger partial charge is 0.378 e. The first-order chi connectivity index (χ1) is 14.8. The summed E-state index contributed by atoms with van der Waals surface area (Å²) in [5.74, 6) is 0.924. The first-order valence-corrected chi connectivity index (χ1v) is 11.0. The Hall–Kier alpha value is -2.70. The molecular weight excluding hydrogens is 374 g/mol. The van der Waals surface area contributed by atoms with Crippen LogP contribution in [-0.2, 0) is 4.74 Å². The minimum Gasteiger partial charge on any atom is -0.378 e. The van der Waals surface area contributed by atoms with Gasteiger partial charge in [0.05, 0.1) is 24.4 Å². The van der Waals surface area contributed by atoms with Crippen molar-refractivity contribution < 1.29 is 4.74 Å². The number of rotatable bonds is 4. The number of anilines is 2. The maximum Gasteiger partial charge on any atom is 0.136 e. The number of hydrogen-bond acceptors (Lipinski definition) is 6. The van der Waals surface area contributed by atoms with E-state index < -0.39 is 0 Å². The Bertz CT molecular complexity index is 992. The Morgan fingerprint density at radius 3 is 2.53 bits per heavy atom. The highest BCUT2D eigenvalue weighted by atomic mass is 16.5. The van der Waals surface area contributed by atoms with Crippen molar-refractivity contribution in [2.45, 2.75) is 37.8 Å². The number of nitrogens with zero attached hydrogens (tertiary/aromatic N) is 3. The first-order valence-electron chi connectivity index (χ1n) is 11.0. The summed E-state index contributed by atoms with van der Waals surface area (Å²) in [7, 11) is 0. The number of fused-ring (bicyclic) bond motifs is 1. The quantitative estimate of drug-likeness (QED) is 0.690. The maximum absolute atomic E-state index is 6.08. The molecule has 0 atom stereocenters. The smallest absolute Gasteiger partial charge is 0.136 e. The standard InChI is InChI=1S/C24H29N5O/c25-18-5-7-19(8-6-18)27-24-21-2-1-11-26-23(21)16-22(28-24)17-3-9-20(10-4-17)29-12-14-30-15-13-29/h1-4,9-11,16,18-19H,5-8,12-15,25H2,(H,27,28)/t18-,19+. The zero-order valence-corrected chi connectivity index (χ0v) is 17.3. The Labute approximate surface area is 177 Å². The number of ether oxygens (including phenoxy) is 1. The minimum atomic E-state index is 0.339. The first kappa shape index (κ1) is 19.3. The molecule has 1 aromatic carbocycles. The van der Waals surface area contributed by atoms with Crippen molar-refractivity contribution >= 4 is 22.4 Å². The van der Waals surface area contributed by atoms with Crippen molar-refractivity contribution in [3.8, 4) is 11.3 Å². The fourth-order valence-electron chi connectivity index (χ4n) is 4.45. The van der Waals surface area contributed by atoms with Gasteiger partial charge in [-0.1, -0.05) is 12.1 Å². The molecule has 0 unspecified atom stereocenters. The molecule has 3 aromatic rings. The molecule has 1 aliphatic carbocycles. The summed E-state index contributed by atoms with van der Waals surface area (Å²) in [5, 5.41) is 4.76. The molecule has 3 heterocycles. The van der Waals surface area contributed by atoms with Gasteiger partial charge in [-0.3, -0.25) is 4.98 Å². The molecule has 3 N–H and O–H groups in total. The second-order valence-corrected chi connectivity index (χ2v) is 8.33. The van der Waals surface area contributed by atoms with Crippen LogP contribution in [0.5, 0.6) is 0 Å². The molecule has 0 spiro atoms. The molecule has 30 heavy (non-hydrogen) atoms. The molecule has 2 fully saturated rings. The number of aromatic nitrogens is 2. The number of nitrogens with two attached hydrogens (primary N) is 1. The molecular formula is C24H29N5O. The monoisotopic (exact) mass is 403 g/mol. The van der Waals surface area contributed by atoms with Crippen molar-refractivity contribution in [1.82, 2.24) is 9.97 Å². The van der Waals surface area contributed by atoms with Crippen molar-refractivity contribution in [3.63, 3.8) is 0 Å².